The lowest BCUT2D eigenvalue weighted by Crippen LogP contribution is -2.20. The number of methoxy groups -OCH3 is 1. The summed E-state index contributed by atoms with van der Waals surface area (Å²) in [6.45, 7) is 0.680. The average molecular weight is 332 g/mol. The molecule has 0 atom stereocenters. The molecule has 4 nitrogen and oxygen atoms in total. The fraction of sp³-hybridized carbons (Fsp3) is 0.0952. The first-order valence-electron chi connectivity index (χ1n) is 8.08. The highest BCUT2D eigenvalue weighted by Gasteiger charge is 2.07. The fourth-order valence-electron chi connectivity index (χ4n) is 2.57. The number of anilines is 1. The minimum absolute atomic E-state index is 0.327. The molecular formula is C21H20N2O2. The number of esters is 1. The van der Waals surface area contributed by atoms with Gasteiger partial charge in [0.15, 0.2) is 0 Å². The number of hydrogen-bond donors (Lipinski definition) is 2. The number of carbonyl (C=O) groups is 1. The first kappa shape index (κ1) is 16.7. The van der Waals surface area contributed by atoms with Gasteiger partial charge >= 0.3 is 5.97 Å². The van der Waals surface area contributed by atoms with Crippen molar-refractivity contribution in [2.45, 2.75) is 6.54 Å². The molecule has 3 aromatic rings. The van der Waals surface area contributed by atoms with Crippen LogP contribution in [-0.4, -0.2) is 13.1 Å². The van der Waals surface area contributed by atoms with Crippen molar-refractivity contribution >= 4 is 11.7 Å². The molecular weight excluding hydrogens is 312 g/mol. The van der Waals surface area contributed by atoms with E-state index in [4.69, 9.17) is 4.74 Å². The third-order valence-electron chi connectivity index (χ3n) is 3.84. The molecule has 4 heteroatoms. The van der Waals surface area contributed by atoms with Gasteiger partial charge in [-0.1, -0.05) is 48.5 Å². The van der Waals surface area contributed by atoms with Crippen LogP contribution >= 0.6 is 0 Å². The molecule has 0 spiro atoms. The van der Waals surface area contributed by atoms with Crippen molar-refractivity contribution in [2.24, 2.45) is 0 Å². The van der Waals surface area contributed by atoms with Crippen molar-refractivity contribution < 1.29 is 9.53 Å². The Morgan fingerprint density at radius 2 is 1.60 bits per heavy atom. The normalized spacial score (nSPS) is 10.3. The summed E-state index contributed by atoms with van der Waals surface area (Å²) in [6.07, 6.45) is 0. The summed E-state index contributed by atoms with van der Waals surface area (Å²) in [6, 6.07) is 25.6. The molecule has 0 saturated carbocycles. The summed E-state index contributed by atoms with van der Waals surface area (Å²) < 4.78 is 4.79. The number of rotatable bonds is 6. The van der Waals surface area contributed by atoms with Crippen LogP contribution < -0.4 is 10.9 Å². The van der Waals surface area contributed by atoms with Gasteiger partial charge in [0, 0.05) is 12.2 Å². The topological polar surface area (TPSA) is 50.4 Å². The molecule has 0 unspecified atom stereocenters. The Hall–Kier alpha value is -3.11. The van der Waals surface area contributed by atoms with Gasteiger partial charge in [-0.05, 0) is 47.0 Å². The van der Waals surface area contributed by atoms with E-state index in [-0.39, 0.29) is 5.97 Å². The monoisotopic (exact) mass is 332 g/mol. The number of carbonyl (C=O) groups excluding carboxylic acids is 1. The van der Waals surface area contributed by atoms with Crippen molar-refractivity contribution in [1.82, 2.24) is 5.43 Å². The summed E-state index contributed by atoms with van der Waals surface area (Å²) in [5.74, 6) is -0.327. The largest absolute Gasteiger partial charge is 0.465 e. The average Bonchev–Trinajstić information content (AvgIpc) is 2.68. The first-order valence-corrected chi connectivity index (χ1v) is 8.08. The van der Waals surface area contributed by atoms with E-state index in [9.17, 15) is 4.79 Å². The van der Waals surface area contributed by atoms with Crippen LogP contribution in [0.3, 0.4) is 0 Å². The van der Waals surface area contributed by atoms with Gasteiger partial charge in [0.05, 0.1) is 12.7 Å². The molecule has 0 fully saturated rings. The summed E-state index contributed by atoms with van der Waals surface area (Å²) >= 11 is 0. The number of para-hydroxylation sites is 1. The first-order chi connectivity index (χ1) is 12.3. The third-order valence-corrected chi connectivity index (χ3v) is 3.84. The molecule has 0 heterocycles. The quantitative estimate of drug-likeness (QED) is 0.523. The minimum atomic E-state index is -0.327. The van der Waals surface area contributed by atoms with E-state index in [1.807, 2.05) is 60.7 Å². The van der Waals surface area contributed by atoms with Crippen molar-refractivity contribution in [2.75, 3.05) is 12.5 Å². The Bertz CT molecular complexity index is 847. The molecule has 3 rings (SSSR count). The van der Waals surface area contributed by atoms with Gasteiger partial charge in [-0.15, -0.1) is 0 Å². The van der Waals surface area contributed by atoms with Crippen molar-refractivity contribution in [3.63, 3.8) is 0 Å². The molecule has 25 heavy (non-hydrogen) atoms. The molecule has 0 aliphatic rings. The second kappa shape index (κ2) is 8.13. The predicted octanol–water partition coefficient (Wildman–Crippen LogP) is 4.26. The second-order valence-electron chi connectivity index (χ2n) is 5.62. The lowest BCUT2D eigenvalue weighted by molar-refractivity contribution is 0.0601. The van der Waals surface area contributed by atoms with Crippen molar-refractivity contribution in [1.29, 1.82) is 0 Å². The zero-order chi connectivity index (χ0) is 17.5. The number of hydrogen-bond acceptors (Lipinski definition) is 4. The zero-order valence-electron chi connectivity index (χ0n) is 14.0. The Morgan fingerprint density at radius 1 is 0.880 bits per heavy atom. The van der Waals surface area contributed by atoms with Gasteiger partial charge < -0.3 is 10.2 Å². The Labute approximate surface area is 147 Å². The van der Waals surface area contributed by atoms with Gasteiger partial charge in [0.1, 0.15) is 0 Å². The second-order valence-corrected chi connectivity index (χ2v) is 5.62. The number of ether oxygens (including phenoxy) is 1. The Morgan fingerprint density at radius 3 is 2.36 bits per heavy atom. The van der Waals surface area contributed by atoms with E-state index in [1.54, 1.807) is 6.07 Å². The van der Waals surface area contributed by atoms with Gasteiger partial charge in [-0.3, -0.25) is 0 Å². The van der Waals surface area contributed by atoms with Crippen LogP contribution in [0.2, 0.25) is 0 Å². The number of nitrogens with one attached hydrogen (secondary N) is 2. The molecule has 0 aliphatic heterocycles. The molecule has 0 radical (unpaired) electrons. The van der Waals surface area contributed by atoms with E-state index < -0.39 is 0 Å². The molecule has 0 amide bonds. The van der Waals surface area contributed by atoms with Crippen molar-refractivity contribution in [3.05, 3.63) is 90.0 Å². The Kier molecular flexibility index (Phi) is 5.44. The van der Waals surface area contributed by atoms with E-state index >= 15 is 0 Å². The standard InChI is InChI=1S/C21H20N2O2/c1-25-21(24)19-10-6-9-18(14-19)17-8-5-7-16(13-17)15-22-23-20-11-3-2-4-12-20/h2-14,22-23H,15H2,1H3. The predicted molar refractivity (Wildman–Crippen MR) is 100 cm³/mol. The summed E-state index contributed by atoms with van der Waals surface area (Å²) in [5, 5.41) is 0. The maximum absolute atomic E-state index is 11.7. The van der Waals surface area contributed by atoms with Crippen LogP contribution in [-0.2, 0) is 11.3 Å². The molecule has 0 saturated heterocycles. The number of benzene rings is 3. The van der Waals surface area contributed by atoms with Crippen molar-refractivity contribution in [3.8, 4) is 11.1 Å². The van der Waals surface area contributed by atoms with E-state index in [2.05, 4.69) is 23.0 Å². The maximum Gasteiger partial charge on any atom is 0.337 e. The van der Waals surface area contributed by atoms with Gasteiger partial charge in [0.2, 0.25) is 0 Å². The van der Waals surface area contributed by atoms with Crippen LogP contribution in [0.5, 0.6) is 0 Å². The smallest absolute Gasteiger partial charge is 0.337 e. The SMILES string of the molecule is COC(=O)c1cccc(-c2cccc(CNNc3ccccc3)c2)c1. The number of hydrazine groups is 1. The van der Waals surface area contributed by atoms with E-state index in [1.165, 1.54) is 7.11 Å². The highest BCUT2D eigenvalue weighted by molar-refractivity contribution is 5.91. The van der Waals surface area contributed by atoms with Gasteiger partial charge in [-0.2, -0.15) is 0 Å². The van der Waals surface area contributed by atoms with Gasteiger partial charge in [-0.25, -0.2) is 10.2 Å². The summed E-state index contributed by atoms with van der Waals surface area (Å²) in [7, 11) is 1.39. The lowest BCUT2D eigenvalue weighted by Gasteiger charge is -2.10. The highest BCUT2D eigenvalue weighted by Crippen LogP contribution is 2.22. The summed E-state index contributed by atoms with van der Waals surface area (Å²) in [4.78, 5) is 11.7. The highest BCUT2D eigenvalue weighted by atomic mass is 16.5. The molecule has 0 bridgehead atoms. The molecule has 3 aromatic carbocycles. The lowest BCUT2D eigenvalue weighted by atomic mass is 10.0. The van der Waals surface area contributed by atoms with Crippen LogP contribution in [0.25, 0.3) is 11.1 Å². The van der Waals surface area contributed by atoms with Crippen LogP contribution in [0.4, 0.5) is 5.69 Å². The van der Waals surface area contributed by atoms with Crippen LogP contribution in [0, 0.1) is 0 Å². The zero-order valence-corrected chi connectivity index (χ0v) is 14.0. The molecule has 0 aromatic heterocycles. The maximum atomic E-state index is 11.7. The van der Waals surface area contributed by atoms with Gasteiger partial charge in [0.25, 0.3) is 0 Å². The third kappa shape index (κ3) is 4.46. The van der Waals surface area contributed by atoms with Crippen LogP contribution in [0.15, 0.2) is 78.9 Å². The molecule has 0 aliphatic carbocycles. The van der Waals surface area contributed by atoms with E-state index in [0.717, 1.165) is 22.4 Å². The molecule has 2 N–H and O–H groups in total. The molecule has 126 valence electrons. The fourth-order valence-corrected chi connectivity index (χ4v) is 2.57. The summed E-state index contributed by atoms with van der Waals surface area (Å²) in [5.41, 5.74) is 11.1. The van der Waals surface area contributed by atoms with Crippen LogP contribution in [0.1, 0.15) is 15.9 Å². The minimum Gasteiger partial charge on any atom is -0.465 e. The Balaban J connectivity index is 1.70. The van der Waals surface area contributed by atoms with E-state index in [0.29, 0.717) is 12.1 Å².